The Morgan fingerprint density at radius 1 is 1.30 bits per heavy atom. The zero-order valence-electron chi connectivity index (χ0n) is 11.8. The maximum Gasteiger partial charge on any atom is 0.391 e. The second kappa shape index (κ2) is 6.17. The fourth-order valence-corrected chi connectivity index (χ4v) is 3.14. The zero-order chi connectivity index (χ0) is 14.8. The van der Waals surface area contributed by atoms with E-state index >= 15 is 0 Å². The third kappa shape index (κ3) is 3.54. The second-order valence-corrected chi connectivity index (χ2v) is 5.79. The molecule has 1 aromatic rings. The van der Waals surface area contributed by atoms with Crippen molar-refractivity contribution in [1.82, 2.24) is 0 Å². The Labute approximate surface area is 118 Å². The highest BCUT2D eigenvalue weighted by Crippen LogP contribution is 2.43. The highest BCUT2D eigenvalue weighted by molar-refractivity contribution is 5.26. The van der Waals surface area contributed by atoms with Gasteiger partial charge in [-0.05, 0) is 42.7 Å². The summed E-state index contributed by atoms with van der Waals surface area (Å²) >= 11 is 0. The molecule has 1 aliphatic carbocycles. The Balaban J connectivity index is 2.10. The van der Waals surface area contributed by atoms with Crippen LogP contribution in [0.3, 0.4) is 0 Å². The van der Waals surface area contributed by atoms with Crippen LogP contribution in [0.15, 0.2) is 24.3 Å². The van der Waals surface area contributed by atoms with Crippen LogP contribution in [0.5, 0.6) is 0 Å². The molecule has 0 heterocycles. The monoisotopic (exact) mass is 285 g/mol. The lowest BCUT2D eigenvalue weighted by molar-refractivity contribution is -0.186. The van der Waals surface area contributed by atoms with Gasteiger partial charge in [-0.3, -0.25) is 0 Å². The lowest BCUT2D eigenvalue weighted by Crippen LogP contribution is -2.33. The van der Waals surface area contributed by atoms with E-state index in [4.69, 9.17) is 5.73 Å². The summed E-state index contributed by atoms with van der Waals surface area (Å²) in [6.07, 6.45) is -1.33. The summed E-state index contributed by atoms with van der Waals surface area (Å²) in [7, 11) is 0. The highest BCUT2D eigenvalue weighted by atomic mass is 19.4. The molecule has 1 fully saturated rings. The summed E-state index contributed by atoms with van der Waals surface area (Å²) in [5, 5.41) is 0. The van der Waals surface area contributed by atoms with Gasteiger partial charge in [-0.1, -0.05) is 37.6 Å². The van der Waals surface area contributed by atoms with Crippen LogP contribution < -0.4 is 5.73 Å². The molecule has 3 atom stereocenters. The summed E-state index contributed by atoms with van der Waals surface area (Å²) in [5.74, 6) is -1.25. The second-order valence-electron chi connectivity index (χ2n) is 5.79. The standard InChI is InChI=1S/C16H22F3N/c1-2-11-5-3-6-12(9-11)15(20)13-7-4-8-14(10-13)16(17,18)19/h3,5-6,9,13-15H,2,4,7-8,10,20H2,1H3. The molecule has 4 heteroatoms. The highest BCUT2D eigenvalue weighted by Gasteiger charge is 2.43. The number of hydrogen-bond donors (Lipinski definition) is 1. The van der Waals surface area contributed by atoms with Gasteiger partial charge < -0.3 is 5.73 Å². The van der Waals surface area contributed by atoms with Crippen molar-refractivity contribution in [1.29, 1.82) is 0 Å². The maximum atomic E-state index is 12.9. The van der Waals surface area contributed by atoms with Crippen LogP contribution in [0.25, 0.3) is 0 Å². The Hall–Kier alpha value is -1.03. The van der Waals surface area contributed by atoms with E-state index < -0.39 is 12.1 Å². The summed E-state index contributed by atoms with van der Waals surface area (Å²) < 4.78 is 38.6. The fourth-order valence-electron chi connectivity index (χ4n) is 3.14. The summed E-state index contributed by atoms with van der Waals surface area (Å²) in [6.45, 7) is 2.06. The number of aryl methyl sites for hydroxylation is 1. The zero-order valence-corrected chi connectivity index (χ0v) is 11.8. The molecular formula is C16H22F3N. The smallest absolute Gasteiger partial charge is 0.324 e. The topological polar surface area (TPSA) is 26.0 Å². The molecule has 0 bridgehead atoms. The first kappa shape index (κ1) is 15.4. The molecule has 0 amide bonds. The number of nitrogens with two attached hydrogens (primary N) is 1. The van der Waals surface area contributed by atoms with Crippen molar-refractivity contribution < 1.29 is 13.2 Å². The third-order valence-corrected chi connectivity index (χ3v) is 4.43. The van der Waals surface area contributed by atoms with Gasteiger partial charge in [-0.2, -0.15) is 13.2 Å². The molecule has 1 aromatic carbocycles. The summed E-state index contributed by atoms with van der Waals surface area (Å²) in [5.41, 5.74) is 8.38. The van der Waals surface area contributed by atoms with Crippen LogP contribution in [-0.4, -0.2) is 6.18 Å². The van der Waals surface area contributed by atoms with Crippen LogP contribution in [0.1, 0.15) is 49.8 Å². The van der Waals surface area contributed by atoms with Crippen molar-refractivity contribution in [3.63, 3.8) is 0 Å². The van der Waals surface area contributed by atoms with E-state index in [0.717, 1.165) is 18.4 Å². The van der Waals surface area contributed by atoms with Gasteiger partial charge >= 0.3 is 6.18 Å². The molecule has 20 heavy (non-hydrogen) atoms. The summed E-state index contributed by atoms with van der Waals surface area (Å²) in [4.78, 5) is 0. The molecule has 3 unspecified atom stereocenters. The first-order valence-electron chi connectivity index (χ1n) is 7.33. The van der Waals surface area contributed by atoms with Crippen LogP contribution in [0, 0.1) is 11.8 Å². The number of rotatable bonds is 3. The Bertz CT molecular complexity index is 442. The molecule has 0 aromatic heterocycles. The van der Waals surface area contributed by atoms with E-state index in [9.17, 15) is 13.2 Å². The molecule has 1 nitrogen and oxygen atoms in total. The van der Waals surface area contributed by atoms with E-state index in [2.05, 4.69) is 6.92 Å². The number of hydrogen-bond acceptors (Lipinski definition) is 1. The molecule has 1 saturated carbocycles. The van der Waals surface area contributed by atoms with Gasteiger partial charge in [0.25, 0.3) is 0 Å². The van der Waals surface area contributed by atoms with Gasteiger partial charge in [0, 0.05) is 6.04 Å². The van der Waals surface area contributed by atoms with Crippen LogP contribution in [0.4, 0.5) is 13.2 Å². The number of halogens is 3. The molecule has 0 radical (unpaired) electrons. The first-order valence-corrected chi connectivity index (χ1v) is 7.33. The Morgan fingerprint density at radius 3 is 2.70 bits per heavy atom. The molecule has 2 N–H and O–H groups in total. The van der Waals surface area contributed by atoms with Crippen LogP contribution in [-0.2, 0) is 6.42 Å². The maximum absolute atomic E-state index is 12.9. The van der Waals surface area contributed by atoms with Gasteiger partial charge in [0.05, 0.1) is 5.92 Å². The average Bonchev–Trinajstić information content (AvgIpc) is 2.46. The van der Waals surface area contributed by atoms with Crippen molar-refractivity contribution in [2.45, 2.75) is 51.2 Å². The van der Waals surface area contributed by atoms with Gasteiger partial charge in [-0.15, -0.1) is 0 Å². The minimum Gasteiger partial charge on any atom is -0.324 e. The molecule has 112 valence electrons. The van der Waals surface area contributed by atoms with Gasteiger partial charge in [-0.25, -0.2) is 0 Å². The molecule has 0 saturated heterocycles. The van der Waals surface area contributed by atoms with Gasteiger partial charge in [0.1, 0.15) is 0 Å². The van der Waals surface area contributed by atoms with Crippen LogP contribution >= 0.6 is 0 Å². The van der Waals surface area contributed by atoms with Crippen molar-refractivity contribution >= 4 is 0 Å². The third-order valence-electron chi connectivity index (χ3n) is 4.43. The quantitative estimate of drug-likeness (QED) is 0.861. The molecule has 0 aliphatic heterocycles. The SMILES string of the molecule is CCc1cccc(C(N)C2CCCC(C(F)(F)F)C2)c1. The van der Waals surface area contributed by atoms with Crippen LogP contribution in [0.2, 0.25) is 0 Å². The number of benzene rings is 1. The van der Waals surface area contributed by atoms with Crippen molar-refractivity contribution in [2.75, 3.05) is 0 Å². The molecule has 0 spiro atoms. The molecule has 1 aliphatic rings. The van der Waals surface area contributed by atoms with E-state index in [0.29, 0.717) is 6.42 Å². The Morgan fingerprint density at radius 2 is 2.05 bits per heavy atom. The van der Waals surface area contributed by atoms with E-state index in [1.807, 2.05) is 24.3 Å². The van der Waals surface area contributed by atoms with E-state index in [1.165, 1.54) is 5.56 Å². The predicted octanol–water partition coefficient (Wildman–Crippen LogP) is 4.62. The largest absolute Gasteiger partial charge is 0.391 e. The molecule has 2 rings (SSSR count). The minimum atomic E-state index is -4.08. The Kier molecular flexibility index (Phi) is 4.74. The normalized spacial score (nSPS) is 25.4. The predicted molar refractivity (Wildman–Crippen MR) is 74.3 cm³/mol. The van der Waals surface area contributed by atoms with Crippen molar-refractivity contribution in [3.05, 3.63) is 35.4 Å². The molecular weight excluding hydrogens is 263 g/mol. The van der Waals surface area contributed by atoms with Gasteiger partial charge in [0.15, 0.2) is 0 Å². The van der Waals surface area contributed by atoms with Gasteiger partial charge in [0.2, 0.25) is 0 Å². The first-order chi connectivity index (χ1) is 9.41. The fraction of sp³-hybridized carbons (Fsp3) is 0.625. The summed E-state index contributed by atoms with van der Waals surface area (Å²) in [6, 6.07) is 7.64. The van der Waals surface area contributed by atoms with E-state index in [-0.39, 0.29) is 24.8 Å². The van der Waals surface area contributed by atoms with Crippen molar-refractivity contribution in [2.24, 2.45) is 17.6 Å². The number of alkyl halides is 3. The minimum absolute atomic E-state index is 0.0671. The van der Waals surface area contributed by atoms with Crippen molar-refractivity contribution in [3.8, 4) is 0 Å². The lowest BCUT2D eigenvalue weighted by Gasteiger charge is -2.34. The van der Waals surface area contributed by atoms with E-state index in [1.54, 1.807) is 0 Å². The lowest BCUT2D eigenvalue weighted by atomic mass is 9.76. The average molecular weight is 285 g/mol.